The van der Waals surface area contributed by atoms with Crippen LogP contribution < -0.4 is 0 Å². The van der Waals surface area contributed by atoms with Crippen LogP contribution in [0.5, 0.6) is 11.5 Å². The van der Waals surface area contributed by atoms with Gasteiger partial charge in [-0.15, -0.1) is 0 Å². The van der Waals surface area contributed by atoms with Gasteiger partial charge in [0, 0.05) is 11.1 Å². The number of hydrogen-bond donors (Lipinski definition) is 2. The quantitative estimate of drug-likeness (QED) is 0.359. The van der Waals surface area contributed by atoms with E-state index in [0.717, 1.165) is 11.1 Å². The smallest absolute Gasteiger partial charge is 0.338 e. The maximum Gasteiger partial charge on any atom is 0.338 e. The Balaban J connectivity index is 1.53. The Morgan fingerprint density at radius 1 is 0.559 bits per heavy atom. The van der Waals surface area contributed by atoms with Crippen molar-refractivity contribution in [3.8, 4) is 22.6 Å². The molecule has 0 heterocycles. The lowest BCUT2D eigenvalue weighted by Gasteiger charge is -2.12. The number of phenolic OH excluding ortho intramolecular Hbond substituents is 2. The highest BCUT2D eigenvalue weighted by molar-refractivity contribution is 5.95. The van der Waals surface area contributed by atoms with Gasteiger partial charge >= 0.3 is 11.9 Å². The van der Waals surface area contributed by atoms with Crippen LogP contribution in [0.1, 0.15) is 31.8 Å². The van der Waals surface area contributed by atoms with Crippen molar-refractivity contribution in [1.29, 1.82) is 0 Å². The molecule has 0 spiro atoms. The Kier molecular flexibility index (Phi) is 6.89. The van der Waals surface area contributed by atoms with E-state index in [0.29, 0.717) is 0 Å². The molecule has 4 aromatic carbocycles. The topological polar surface area (TPSA) is 93.1 Å². The summed E-state index contributed by atoms with van der Waals surface area (Å²) < 4.78 is 10.7. The van der Waals surface area contributed by atoms with E-state index in [2.05, 4.69) is 0 Å². The first-order valence-electron chi connectivity index (χ1n) is 10.6. The molecule has 0 aliphatic heterocycles. The summed E-state index contributed by atoms with van der Waals surface area (Å²) in [5, 5.41) is 20.8. The molecule has 0 aliphatic rings. The molecule has 0 fully saturated rings. The lowest BCUT2D eigenvalue weighted by Crippen LogP contribution is -2.06. The number of carbonyl (C=O) groups is 2. The zero-order chi connectivity index (χ0) is 23.9. The highest BCUT2D eigenvalue weighted by Crippen LogP contribution is 2.37. The second-order valence-corrected chi connectivity index (χ2v) is 7.59. The van der Waals surface area contributed by atoms with Crippen LogP contribution in [0.2, 0.25) is 0 Å². The maximum atomic E-state index is 12.6. The summed E-state index contributed by atoms with van der Waals surface area (Å²) in [6, 6.07) is 26.9. The second kappa shape index (κ2) is 10.4. The second-order valence-electron chi connectivity index (χ2n) is 7.59. The summed E-state index contributed by atoms with van der Waals surface area (Å²) in [5.74, 6) is -1.49. The van der Waals surface area contributed by atoms with Gasteiger partial charge in [-0.1, -0.05) is 60.7 Å². The molecular formula is C28H22O6. The first-order chi connectivity index (χ1) is 16.5. The molecule has 0 saturated heterocycles. The molecule has 0 bridgehead atoms. The summed E-state index contributed by atoms with van der Waals surface area (Å²) in [7, 11) is 0. The van der Waals surface area contributed by atoms with Gasteiger partial charge in [-0.25, -0.2) is 9.59 Å². The fraction of sp³-hybridized carbons (Fsp3) is 0.0714. The molecular weight excluding hydrogens is 432 g/mol. The van der Waals surface area contributed by atoms with E-state index in [9.17, 15) is 19.8 Å². The van der Waals surface area contributed by atoms with E-state index in [1.54, 1.807) is 0 Å². The SMILES string of the molecule is O=C(OCc1ccccc1)c1ccc(O)c(-c2cc(C(=O)OCc3ccccc3)ccc2O)c1. The molecule has 2 N–H and O–H groups in total. The molecule has 4 aromatic rings. The minimum absolute atomic E-state index is 0.101. The number of aromatic hydroxyl groups is 2. The number of esters is 2. The molecule has 4 rings (SSSR count). The normalized spacial score (nSPS) is 10.5. The average Bonchev–Trinajstić information content (AvgIpc) is 2.88. The van der Waals surface area contributed by atoms with Crippen molar-refractivity contribution in [2.45, 2.75) is 13.2 Å². The van der Waals surface area contributed by atoms with Crippen molar-refractivity contribution in [3.63, 3.8) is 0 Å². The molecule has 6 nitrogen and oxygen atoms in total. The van der Waals surface area contributed by atoms with E-state index in [-0.39, 0.29) is 47.0 Å². The average molecular weight is 454 g/mol. The maximum absolute atomic E-state index is 12.6. The van der Waals surface area contributed by atoms with Crippen molar-refractivity contribution < 1.29 is 29.3 Å². The Labute approximate surface area is 196 Å². The number of carbonyl (C=O) groups excluding carboxylic acids is 2. The van der Waals surface area contributed by atoms with Crippen molar-refractivity contribution in [2.24, 2.45) is 0 Å². The van der Waals surface area contributed by atoms with E-state index < -0.39 is 11.9 Å². The van der Waals surface area contributed by atoms with Gasteiger partial charge in [0.15, 0.2) is 0 Å². The van der Waals surface area contributed by atoms with Gasteiger partial charge in [-0.2, -0.15) is 0 Å². The van der Waals surface area contributed by atoms with Gasteiger partial charge < -0.3 is 19.7 Å². The Morgan fingerprint density at radius 2 is 0.941 bits per heavy atom. The van der Waals surface area contributed by atoms with Crippen LogP contribution in [0, 0.1) is 0 Å². The van der Waals surface area contributed by atoms with Gasteiger partial charge in [-0.3, -0.25) is 0 Å². The van der Waals surface area contributed by atoms with Crippen LogP contribution in [-0.4, -0.2) is 22.2 Å². The van der Waals surface area contributed by atoms with Crippen LogP contribution >= 0.6 is 0 Å². The minimum Gasteiger partial charge on any atom is -0.507 e. The largest absolute Gasteiger partial charge is 0.507 e. The van der Waals surface area contributed by atoms with Gasteiger partial charge in [-0.05, 0) is 47.5 Å². The van der Waals surface area contributed by atoms with Gasteiger partial charge in [0.25, 0.3) is 0 Å². The summed E-state index contributed by atoms with van der Waals surface area (Å²) in [4.78, 5) is 25.1. The minimum atomic E-state index is -0.581. The standard InChI is InChI=1S/C28H22O6/c29-25-13-11-21(27(31)33-17-19-7-3-1-4-8-19)15-23(25)24-16-22(12-14-26(24)30)28(32)34-18-20-9-5-2-6-10-20/h1-16,29-30H,17-18H2. The van der Waals surface area contributed by atoms with Crippen molar-refractivity contribution in [1.82, 2.24) is 0 Å². The number of benzene rings is 4. The molecule has 0 radical (unpaired) electrons. The lowest BCUT2D eigenvalue weighted by molar-refractivity contribution is 0.0464. The summed E-state index contributed by atoms with van der Waals surface area (Å²) in [6.07, 6.45) is 0. The van der Waals surface area contributed by atoms with Crippen LogP contribution in [0.3, 0.4) is 0 Å². The van der Waals surface area contributed by atoms with E-state index >= 15 is 0 Å². The fourth-order valence-corrected chi connectivity index (χ4v) is 3.37. The molecule has 0 atom stereocenters. The molecule has 0 amide bonds. The zero-order valence-electron chi connectivity index (χ0n) is 18.2. The van der Waals surface area contributed by atoms with Crippen LogP contribution in [0.25, 0.3) is 11.1 Å². The van der Waals surface area contributed by atoms with Crippen LogP contribution in [0.15, 0.2) is 97.1 Å². The summed E-state index contributed by atoms with van der Waals surface area (Å²) >= 11 is 0. The van der Waals surface area contributed by atoms with Gasteiger partial charge in [0.2, 0.25) is 0 Å². The third kappa shape index (κ3) is 5.42. The third-order valence-corrected chi connectivity index (χ3v) is 5.18. The Bertz CT molecular complexity index is 1200. The van der Waals surface area contributed by atoms with Crippen molar-refractivity contribution in [2.75, 3.05) is 0 Å². The van der Waals surface area contributed by atoms with E-state index in [1.807, 2.05) is 60.7 Å². The lowest BCUT2D eigenvalue weighted by atomic mass is 9.99. The fourth-order valence-electron chi connectivity index (χ4n) is 3.37. The number of phenols is 2. The van der Waals surface area contributed by atoms with E-state index in [4.69, 9.17) is 9.47 Å². The Hall–Kier alpha value is -4.58. The number of hydrogen-bond acceptors (Lipinski definition) is 6. The summed E-state index contributed by atoms with van der Waals surface area (Å²) in [5.41, 5.74) is 2.44. The van der Waals surface area contributed by atoms with E-state index in [1.165, 1.54) is 36.4 Å². The Morgan fingerprint density at radius 3 is 1.32 bits per heavy atom. The molecule has 0 saturated carbocycles. The number of rotatable bonds is 7. The predicted octanol–water partition coefficient (Wildman–Crippen LogP) is 5.48. The van der Waals surface area contributed by atoms with Crippen molar-refractivity contribution >= 4 is 11.9 Å². The van der Waals surface area contributed by atoms with Gasteiger partial charge in [0.05, 0.1) is 11.1 Å². The molecule has 0 aromatic heterocycles. The third-order valence-electron chi connectivity index (χ3n) is 5.18. The first-order valence-corrected chi connectivity index (χ1v) is 10.6. The van der Waals surface area contributed by atoms with Crippen LogP contribution in [0.4, 0.5) is 0 Å². The monoisotopic (exact) mass is 454 g/mol. The van der Waals surface area contributed by atoms with Crippen LogP contribution in [-0.2, 0) is 22.7 Å². The highest BCUT2D eigenvalue weighted by Gasteiger charge is 2.17. The molecule has 170 valence electrons. The molecule has 0 aliphatic carbocycles. The summed E-state index contributed by atoms with van der Waals surface area (Å²) in [6.45, 7) is 0.202. The highest BCUT2D eigenvalue weighted by atomic mass is 16.5. The molecule has 34 heavy (non-hydrogen) atoms. The van der Waals surface area contributed by atoms with Gasteiger partial charge in [0.1, 0.15) is 24.7 Å². The number of ether oxygens (including phenoxy) is 2. The first kappa shape index (κ1) is 22.6. The molecule has 0 unspecified atom stereocenters. The molecule has 6 heteroatoms. The zero-order valence-corrected chi connectivity index (χ0v) is 18.2. The predicted molar refractivity (Wildman–Crippen MR) is 126 cm³/mol. The van der Waals surface area contributed by atoms with Crippen molar-refractivity contribution in [3.05, 3.63) is 119 Å².